The van der Waals surface area contributed by atoms with Crippen LogP contribution in [0.25, 0.3) is 0 Å². The maximum atomic E-state index is 10.9. The summed E-state index contributed by atoms with van der Waals surface area (Å²) in [7, 11) is 1.42. The molecule has 0 aromatic rings. The molecule has 0 atom stereocenters. The van der Waals surface area contributed by atoms with Gasteiger partial charge in [-0.05, 0) is 32.1 Å². The third-order valence-corrected chi connectivity index (χ3v) is 3.35. The van der Waals surface area contributed by atoms with Crippen molar-refractivity contribution in [3.05, 3.63) is 12.2 Å². The van der Waals surface area contributed by atoms with Crippen molar-refractivity contribution in [1.29, 1.82) is 0 Å². The maximum Gasteiger partial charge on any atom is 0.305 e. The first-order chi connectivity index (χ1) is 10.3. The largest absolute Gasteiger partial charge is 0.469 e. The van der Waals surface area contributed by atoms with Gasteiger partial charge in [0.25, 0.3) is 0 Å². The van der Waals surface area contributed by atoms with Crippen molar-refractivity contribution in [2.75, 3.05) is 7.11 Å². The minimum atomic E-state index is -0.142. The Labute approximate surface area is 131 Å². The first kappa shape index (κ1) is 19.8. The van der Waals surface area contributed by atoms with E-state index in [9.17, 15) is 4.79 Å². The summed E-state index contributed by atoms with van der Waals surface area (Å²) < 4.78 is 4.57. The lowest BCUT2D eigenvalue weighted by atomic mass is 10.1. The van der Waals surface area contributed by atoms with Gasteiger partial charge in [0.2, 0.25) is 0 Å². The average molecular weight is 292 g/mol. The highest BCUT2D eigenvalue weighted by Crippen LogP contribution is 2.06. The zero-order chi connectivity index (χ0) is 15.6. The summed E-state index contributed by atoms with van der Waals surface area (Å²) in [5.41, 5.74) is 0. The van der Waals surface area contributed by atoms with Gasteiger partial charge in [-0.2, -0.15) is 0 Å². The van der Waals surface area contributed by atoms with Crippen LogP contribution in [0.1, 0.15) is 84.0 Å². The fraction of sp³-hybridized carbons (Fsp3) is 0.737. The summed E-state index contributed by atoms with van der Waals surface area (Å²) in [6.07, 6.45) is 17.9. The lowest BCUT2D eigenvalue weighted by molar-refractivity contribution is -0.140. The fourth-order valence-corrected chi connectivity index (χ4v) is 2.01. The molecule has 0 aromatic heterocycles. The maximum absolute atomic E-state index is 10.9. The molecule has 2 nitrogen and oxygen atoms in total. The number of carbonyl (C=O) groups excluding carboxylic acids is 1. The predicted molar refractivity (Wildman–Crippen MR) is 90.0 cm³/mol. The molecule has 0 N–H and O–H groups in total. The van der Waals surface area contributed by atoms with Crippen LogP contribution in [0.3, 0.4) is 0 Å². The monoisotopic (exact) mass is 292 g/mol. The van der Waals surface area contributed by atoms with E-state index < -0.39 is 0 Å². The van der Waals surface area contributed by atoms with E-state index in [1.165, 1.54) is 45.6 Å². The molecular formula is C19H32O2. The van der Waals surface area contributed by atoms with E-state index in [0.717, 1.165) is 32.1 Å². The lowest BCUT2D eigenvalue weighted by Gasteiger charge is -1.96. The van der Waals surface area contributed by atoms with Crippen LogP contribution in [0.4, 0.5) is 0 Å². The topological polar surface area (TPSA) is 26.3 Å². The Kier molecular flexibility index (Phi) is 15.8. The Hall–Kier alpha value is -1.23. The minimum absolute atomic E-state index is 0.142. The first-order valence-electron chi connectivity index (χ1n) is 8.48. The molecule has 0 fully saturated rings. The van der Waals surface area contributed by atoms with Crippen LogP contribution in [0, 0.1) is 11.8 Å². The molecule has 21 heavy (non-hydrogen) atoms. The third kappa shape index (κ3) is 16.7. The van der Waals surface area contributed by atoms with Gasteiger partial charge in [0.15, 0.2) is 0 Å². The van der Waals surface area contributed by atoms with Crippen LogP contribution in [-0.4, -0.2) is 13.1 Å². The van der Waals surface area contributed by atoms with E-state index >= 15 is 0 Å². The summed E-state index contributed by atoms with van der Waals surface area (Å²) in [6, 6.07) is 0. The summed E-state index contributed by atoms with van der Waals surface area (Å²) >= 11 is 0. The summed E-state index contributed by atoms with van der Waals surface area (Å²) in [5, 5.41) is 0. The Balaban J connectivity index is 3.26. The second-order valence-electron chi connectivity index (χ2n) is 5.35. The van der Waals surface area contributed by atoms with Crippen molar-refractivity contribution in [3.8, 4) is 11.8 Å². The van der Waals surface area contributed by atoms with Gasteiger partial charge in [0.05, 0.1) is 7.11 Å². The molecule has 0 spiro atoms. The van der Waals surface area contributed by atoms with Gasteiger partial charge in [0, 0.05) is 19.3 Å². The number of carbonyl (C=O) groups is 1. The van der Waals surface area contributed by atoms with Crippen LogP contribution in [0.2, 0.25) is 0 Å². The highest BCUT2D eigenvalue weighted by molar-refractivity contribution is 5.69. The van der Waals surface area contributed by atoms with Crippen LogP contribution >= 0.6 is 0 Å². The Morgan fingerprint density at radius 3 is 2.19 bits per heavy atom. The molecule has 0 amide bonds. The number of hydrogen-bond acceptors (Lipinski definition) is 2. The van der Waals surface area contributed by atoms with Crippen molar-refractivity contribution in [1.82, 2.24) is 0 Å². The van der Waals surface area contributed by atoms with Crippen LogP contribution < -0.4 is 0 Å². The van der Waals surface area contributed by atoms with E-state index in [0.29, 0.717) is 6.42 Å². The quantitative estimate of drug-likeness (QED) is 0.208. The molecule has 0 heterocycles. The first-order valence-corrected chi connectivity index (χ1v) is 8.48. The predicted octanol–water partition coefficient (Wildman–Crippen LogP) is 5.42. The van der Waals surface area contributed by atoms with E-state index in [2.05, 4.69) is 35.7 Å². The molecule has 0 aliphatic carbocycles. The molecule has 0 aromatic carbocycles. The number of esters is 1. The van der Waals surface area contributed by atoms with Crippen molar-refractivity contribution in [3.63, 3.8) is 0 Å². The van der Waals surface area contributed by atoms with Crippen LogP contribution in [0.15, 0.2) is 12.2 Å². The van der Waals surface area contributed by atoms with Gasteiger partial charge in [0.1, 0.15) is 0 Å². The normalized spacial score (nSPS) is 10.4. The molecule has 2 heteroatoms. The zero-order valence-corrected chi connectivity index (χ0v) is 14.0. The third-order valence-electron chi connectivity index (χ3n) is 3.35. The number of ether oxygens (including phenoxy) is 1. The Morgan fingerprint density at radius 2 is 1.52 bits per heavy atom. The summed E-state index contributed by atoms with van der Waals surface area (Å²) in [6.45, 7) is 2.25. The molecule has 0 saturated heterocycles. The fourth-order valence-electron chi connectivity index (χ4n) is 2.01. The van der Waals surface area contributed by atoms with Gasteiger partial charge in [-0.1, -0.05) is 44.8 Å². The zero-order valence-electron chi connectivity index (χ0n) is 14.0. The van der Waals surface area contributed by atoms with Crippen molar-refractivity contribution < 1.29 is 9.53 Å². The number of hydrogen-bond donors (Lipinski definition) is 0. The van der Waals surface area contributed by atoms with Crippen LogP contribution in [0.5, 0.6) is 0 Å². The SMILES string of the molecule is CCCCCCC/C=C\CCCC#CCCCC(=O)OC. The highest BCUT2D eigenvalue weighted by atomic mass is 16.5. The minimum Gasteiger partial charge on any atom is -0.469 e. The smallest absolute Gasteiger partial charge is 0.305 e. The molecule has 0 bridgehead atoms. The molecule has 120 valence electrons. The molecular weight excluding hydrogens is 260 g/mol. The number of methoxy groups -OCH3 is 1. The van der Waals surface area contributed by atoms with Gasteiger partial charge < -0.3 is 4.74 Å². The summed E-state index contributed by atoms with van der Waals surface area (Å²) in [4.78, 5) is 10.9. The molecule has 0 saturated carbocycles. The molecule has 0 radical (unpaired) electrons. The number of unbranched alkanes of at least 4 members (excludes halogenated alkanes) is 8. The average Bonchev–Trinajstić information content (AvgIpc) is 2.50. The molecule has 0 aliphatic heterocycles. The van der Waals surface area contributed by atoms with E-state index in [1.807, 2.05) is 0 Å². The number of rotatable bonds is 12. The second-order valence-corrected chi connectivity index (χ2v) is 5.35. The van der Waals surface area contributed by atoms with E-state index in [-0.39, 0.29) is 5.97 Å². The van der Waals surface area contributed by atoms with E-state index in [1.54, 1.807) is 0 Å². The van der Waals surface area contributed by atoms with Crippen LogP contribution in [-0.2, 0) is 9.53 Å². The van der Waals surface area contributed by atoms with Crippen molar-refractivity contribution >= 4 is 5.97 Å². The van der Waals surface area contributed by atoms with Gasteiger partial charge in [-0.15, -0.1) is 11.8 Å². The van der Waals surface area contributed by atoms with Crippen molar-refractivity contribution in [2.45, 2.75) is 84.0 Å². The number of allylic oxidation sites excluding steroid dienone is 2. The lowest BCUT2D eigenvalue weighted by Crippen LogP contribution is -1.98. The second kappa shape index (κ2) is 16.8. The van der Waals surface area contributed by atoms with Gasteiger partial charge in [-0.3, -0.25) is 4.79 Å². The molecule has 0 aliphatic rings. The molecule has 0 unspecified atom stereocenters. The van der Waals surface area contributed by atoms with E-state index in [4.69, 9.17) is 0 Å². The Morgan fingerprint density at radius 1 is 0.905 bits per heavy atom. The Bertz CT molecular complexity index is 320. The molecule has 0 rings (SSSR count). The van der Waals surface area contributed by atoms with Gasteiger partial charge >= 0.3 is 5.97 Å². The highest BCUT2D eigenvalue weighted by Gasteiger charge is 1.96. The standard InChI is InChI=1S/C19H32O2/c1-3-4-5-6-7-8-9-10-11-12-13-14-15-16-17-18-19(20)21-2/h9-10H,3-8,11-13,16-18H2,1-2H3/b10-9-. The van der Waals surface area contributed by atoms with Crippen molar-refractivity contribution in [2.24, 2.45) is 0 Å². The van der Waals surface area contributed by atoms with Gasteiger partial charge in [-0.25, -0.2) is 0 Å². The summed E-state index contributed by atoms with van der Waals surface area (Å²) in [5.74, 6) is 6.14.